The fourth-order valence-corrected chi connectivity index (χ4v) is 2.16. The SMILES string of the molecule is Nc1cc(C(F)(F)F)ccc1N1CCC(N)CC1. The van der Waals surface area contributed by atoms with Crippen molar-refractivity contribution in [3.8, 4) is 0 Å². The summed E-state index contributed by atoms with van der Waals surface area (Å²) in [5.41, 5.74) is 11.6. The zero-order valence-electron chi connectivity index (χ0n) is 9.87. The van der Waals surface area contributed by atoms with Gasteiger partial charge in [-0.15, -0.1) is 0 Å². The average Bonchev–Trinajstić information content (AvgIpc) is 2.29. The van der Waals surface area contributed by atoms with Gasteiger partial charge in [0, 0.05) is 19.1 Å². The van der Waals surface area contributed by atoms with Crippen LogP contribution in [0.4, 0.5) is 24.5 Å². The van der Waals surface area contributed by atoms with Gasteiger partial charge in [-0.1, -0.05) is 0 Å². The van der Waals surface area contributed by atoms with Crippen LogP contribution in [0, 0.1) is 0 Å². The molecule has 4 N–H and O–H groups in total. The van der Waals surface area contributed by atoms with Crippen molar-refractivity contribution in [1.29, 1.82) is 0 Å². The molecule has 1 heterocycles. The number of piperidine rings is 1. The maximum absolute atomic E-state index is 12.5. The van der Waals surface area contributed by atoms with Crippen LogP contribution in [-0.4, -0.2) is 19.1 Å². The molecule has 100 valence electrons. The highest BCUT2D eigenvalue weighted by molar-refractivity contribution is 5.68. The highest BCUT2D eigenvalue weighted by Crippen LogP contribution is 2.34. The number of nitrogen functional groups attached to an aromatic ring is 1. The number of alkyl halides is 3. The van der Waals surface area contributed by atoms with E-state index in [0.717, 1.165) is 38.1 Å². The van der Waals surface area contributed by atoms with Crippen molar-refractivity contribution in [2.45, 2.75) is 25.1 Å². The first-order chi connectivity index (χ1) is 8.38. The van der Waals surface area contributed by atoms with Crippen LogP contribution in [0.3, 0.4) is 0 Å². The van der Waals surface area contributed by atoms with E-state index in [0.29, 0.717) is 5.69 Å². The number of hydrogen-bond donors (Lipinski definition) is 2. The summed E-state index contributed by atoms with van der Waals surface area (Å²) in [6.45, 7) is 1.47. The number of hydrogen-bond acceptors (Lipinski definition) is 3. The molecule has 0 radical (unpaired) electrons. The zero-order valence-corrected chi connectivity index (χ0v) is 9.87. The first-order valence-electron chi connectivity index (χ1n) is 5.85. The van der Waals surface area contributed by atoms with Crippen LogP contribution < -0.4 is 16.4 Å². The monoisotopic (exact) mass is 259 g/mol. The largest absolute Gasteiger partial charge is 0.416 e. The third-order valence-corrected chi connectivity index (χ3v) is 3.24. The number of nitrogens with zero attached hydrogens (tertiary/aromatic N) is 1. The van der Waals surface area contributed by atoms with E-state index in [-0.39, 0.29) is 11.7 Å². The lowest BCUT2D eigenvalue weighted by Crippen LogP contribution is -2.40. The minimum atomic E-state index is -4.35. The fraction of sp³-hybridized carbons (Fsp3) is 0.500. The summed E-state index contributed by atoms with van der Waals surface area (Å²) in [4.78, 5) is 1.98. The Morgan fingerprint density at radius 2 is 1.78 bits per heavy atom. The lowest BCUT2D eigenvalue weighted by atomic mass is 10.0. The van der Waals surface area contributed by atoms with Crippen molar-refractivity contribution >= 4 is 11.4 Å². The molecule has 1 aromatic carbocycles. The van der Waals surface area contributed by atoms with E-state index in [1.54, 1.807) is 0 Å². The van der Waals surface area contributed by atoms with E-state index in [4.69, 9.17) is 11.5 Å². The maximum atomic E-state index is 12.5. The second-order valence-electron chi connectivity index (χ2n) is 4.60. The van der Waals surface area contributed by atoms with Gasteiger partial charge in [-0.25, -0.2) is 0 Å². The first kappa shape index (κ1) is 13.0. The number of halogens is 3. The number of rotatable bonds is 1. The van der Waals surface area contributed by atoms with Gasteiger partial charge in [0.05, 0.1) is 16.9 Å². The van der Waals surface area contributed by atoms with E-state index in [2.05, 4.69) is 0 Å². The number of nitrogens with two attached hydrogens (primary N) is 2. The fourth-order valence-electron chi connectivity index (χ4n) is 2.16. The van der Waals surface area contributed by atoms with Gasteiger partial charge < -0.3 is 16.4 Å². The van der Waals surface area contributed by atoms with Crippen molar-refractivity contribution in [3.63, 3.8) is 0 Å². The van der Waals surface area contributed by atoms with Crippen LogP contribution in [0.5, 0.6) is 0 Å². The molecule has 1 fully saturated rings. The third-order valence-electron chi connectivity index (χ3n) is 3.24. The number of anilines is 2. The van der Waals surface area contributed by atoms with Gasteiger partial charge in [0.2, 0.25) is 0 Å². The summed E-state index contributed by atoms with van der Waals surface area (Å²) >= 11 is 0. The molecule has 0 aromatic heterocycles. The standard InChI is InChI=1S/C12H16F3N3/c13-12(14,15)8-1-2-11(10(17)7-8)18-5-3-9(16)4-6-18/h1-2,7,9H,3-6,16-17H2. The molecule has 2 rings (SSSR count). The van der Waals surface area contributed by atoms with Gasteiger partial charge in [0.1, 0.15) is 0 Å². The minimum Gasteiger partial charge on any atom is -0.397 e. The van der Waals surface area contributed by atoms with Gasteiger partial charge in [-0.2, -0.15) is 13.2 Å². The summed E-state index contributed by atoms with van der Waals surface area (Å²) in [6.07, 6.45) is -2.68. The van der Waals surface area contributed by atoms with Crippen LogP contribution in [0.1, 0.15) is 18.4 Å². The van der Waals surface area contributed by atoms with Crippen LogP contribution >= 0.6 is 0 Å². The average molecular weight is 259 g/mol. The van der Waals surface area contributed by atoms with E-state index in [1.807, 2.05) is 4.90 Å². The topological polar surface area (TPSA) is 55.3 Å². The molecular weight excluding hydrogens is 243 g/mol. The molecule has 0 atom stereocenters. The molecule has 3 nitrogen and oxygen atoms in total. The zero-order chi connectivity index (χ0) is 13.3. The molecule has 0 spiro atoms. The predicted molar refractivity (Wildman–Crippen MR) is 65.3 cm³/mol. The summed E-state index contributed by atoms with van der Waals surface area (Å²) < 4.78 is 37.5. The molecule has 0 aliphatic carbocycles. The number of benzene rings is 1. The van der Waals surface area contributed by atoms with Crippen molar-refractivity contribution in [3.05, 3.63) is 23.8 Å². The van der Waals surface area contributed by atoms with Gasteiger partial charge in [-0.3, -0.25) is 0 Å². The van der Waals surface area contributed by atoms with E-state index >= 15 is 0 Å². The van der Waals surface area contributed by atoms with Crippen LogP contribution in [0.15, 0.2) is 18.2 Å². The molecule has 0 amide bonds. The molecule has 6 heteroatoms. The molecule has 1 aromatic rings. The smallest absolute Gasteiger partial charge is 0.397 e. The Morgan fingerprint density at radius 3 is 2.28 bits per heavy atom. The maximum Gasteiger partial charge on any atom is 0.416 e. The molecule has 0 bridgehead atoms. The van der Waals surface area contributed by atoms with Gasteiger partial charge in [0.15, 0.2) is 0 Å². The molecule has 0 saturated carbocycles. The Bertz CT molecular complexity index is 423. The molecule has 1 saturated heterocycles. The van der Waals surface area contributed by atoms with Crippen molar-refractivity contribution in [1.82, 2.24) is 0 Å². The lowest BCUT2D eigenvalue weighted by Gasteiger charge is -2.33. The van der Waals surface area contributed by atoms with Gasteiger partial charge >= 0.3 is 6.18 Å². The van der Waals surface area contributed by atoms with E-state index < -0.39 is 11.7 Å². The summed E-state index contributed by atoms with van der Waals surface area (Å²) in [7, 11) is 0. The quantitative estimate of drug-likeness (QED) is 0.760. The molecule has 18 heavy (non-hydrogen) atoms. The second kappa shape index (κ2) is 4.68. The molecule has 0 unspecified atom stereocenters. The van der Waals surface area contributed by atoms with Crippen molar-refractivity contribution < 1.29 is 13.2 Å². The predicted octanol–water partition coefficient (Wildman–Crippen LogP) is 2.22. The Kier molecular flexibility index (Phi) is 3.38. The Morgan fingerprint density at radius 1 is 1.17 bits per heavy atom. The Balaban J connectivity index is 2.20. The van der Waals surface area contributed by atoms with Gasteiger partial charge in [-0.05, 0) is 31.0 Å². The highest BCUT2D eigenvalue weighted by Gasteiger charge is 2.31. The van der Waals surface area contributed by atoms with Crippen LogP contribution in [0.2, 0.25) is 0 Å². The minimum absolute atomic E-state index is 0.167. The van der Waals surface area contributed by atoms with Crippen LogP contribution in [0.25, 0.3) is 0 Å². The molecular formula is C12H16F3N3. The first-order valence-corrected chi connectivity index (χ1v) is 5.85. The summed E-state index contributed by atoms with van der Waals surface area (Å²) in [5.74, 6) is 0. The van der Waals surface area contributed by atoms with Crippen molar-refractivity contribution in [2.24, 2.45) is 5.73 Å². The lowest BCUT2D eigenvalue weighted by molar-refractivity contribution is -0.137. The third kappa shape index (κ3) is 2.69. The second-order valence-corrected chi connectivity index (χ2v) is 4.60. The molecule has 1 aliphatic rings. The van der Waals surface area contributed by atoms with Crippen LogP contribution in [-0.2, 0) is 6.18 Å². The summed E-state index contributed by atoms with van der Waals surface area (Å²) in [5, 5.41) is 0. The summed E-state index contributed by atoms with van der Waals surface area (Å²) in [6, 6.07) is 3.68. The molecule has 1 aliphatic heterocycles. The highest BCUT2D eigenvalue weighted by atomic mass is 19.4. The van der Waals surface area contributed by atoms with E-state index in [9.17, 15) is 13.2 Å². The Hall–Kier alpha value is -1.43. The van der Waals surface area contributed by atoms with Gasteiger partial charge in [0.25, 0.3) is 0 Å². The normalized spacial score (nSPS) is 18.1. The Labute approximate surface area is 104 Å². The van der Waals surface area contributed by atoms with E-state index in [1.165, 1.54) is 6.07 Å². The van der Waals surface area contributed by atoms with Crippen molar-refractivity contribution in [2.75, 3.05) is 23.7 Å².